The fourth-order valence-corrected chi connectivity index (χ4v) is 3.08. The van der Waals surface area contributed by atoms with Gasteiger partial charge in [-0.25, -0.2) is 8.93 Å². The largest absolute Gasteiger partial charge is 0.237 e. The van der Waals surface area contributed by atoms with E-state index in [-0.39, 0.29) is 11.5 Å². The average molecular weight is 325 g/mol. The van der Waals surface area contributed by atoms with Crippen molar-refractivity contribution in [1.82, 2.24) is 4.72 Å². The van der Waals surface area contributed by atoms with E-state index < -0.39 is 11.0 Å². The highest BCUT2D eigenvalue weighted by Crippen LogP contribution is 2.20. The van der Waals surface area contributed by atoms with Crippen LogP contribution < -0.4 is 4.72 Å². The van der Waals surface area contributed by atoms with Crippen LogP contribution in [0, 0.1) is 24.2 Å². The Morgan fingerprint density at radius 3 is 2.17 bits per heavy atom. The normalized spacial score (nSPS) is 13.7. The molecule has 0 bridgehead atoms. The van der Waals surface area contributed by atoms with Gasteiger partial charge < -0.3 is 0 Å². The summed E-state index contributed by atoms with van der Waals surface area (Å²) in [6, 6.07) is 17.4. The molecule has 0 unspecified atom stereocenters. The minimum Gasteiger partial charge on any atom is -0.237 e. The van der Waals surface area contributed by atoms with Crippen molar-refractivity contribution in [3.63, 3.8) is 0 Å². The fourth-order valence-electron chi connectivity index (χ4n) is 1.94. The van der Waals surface area contributed by atoms with Crippen LogP contribution in [0.15, 0.2) is 59.5 Å². The smallest absolute Gasteiger partial charge is 0.126 e. The maximum Gasteiger partial charge on any atom is 0.126 e. The van der Waals surface area contributed by atoms with E-state index in [0.29, 0.717) is 0 Å². The Bertz CT molecular complexity index is 718. The zero-order valence-corrected chi connectivity index (χ0v) is 14.9. The topological polar surface area (TPSA) is 29.1 Å². The third-order valence-corrected chi connectivity index (χ3v) is 4.61. The van der Waals surface area contributed by atoms with E-state index in [2.05, 4.69) is 37.3 Å². The molecule has 2 nitrogen and oxygen atoms in total. The van der Waals surface area contributed by atoms with E-state index in [1.807, 2.05) is 61.5 Å². The van der Waals surface area contributed by atoms with E-state index >= 15 is 0 Å². The Labute approximate surface area is 141 Å². The van der Waals surface area contributed by atoms with Crippen molar-refractivity contribution in [3.05, 3.63) is 65.7 Å². The van der Waals surface area contributed by atoms with Crippen LogP contribution >= 0.6 is 0 Å². The maximum absolute atomic E-state index is 12.6. The summed E-state index contributed by atoms with van der Waals surface area (Å²) in [5, 5.41) is 0. The summed E-state index contributed by atoms with van der Waals surface area (Å²) in [5.74, 6) is 6.40. The lowest BCUT2D eigenvalue weighted by Gasteiger charge is -2.26. The molecule has 23 heavy (non-hydrogen) atoms. The highest BCUT2D eigenvalue weighted by atomic mass is 32.2. The SMILES string of the molecule is Cc1ccc([S@](=O)N[C@@H](C#Cc2ccccc2)C(C)(C)C)cc1. The lowest BCUT2D eigenvalue weighted by atomic mass is 9.88. The molecule has 0 saturated heterocycles. The van der Waals surface area contributed by atoms with Crippen LogP contribution in [0.2, 0.25) is 0 Å². The molecule has 0 fully saturated rings. The van der Waals surface area contributed by atoms with Gasteiger partial charge in [0.2, 0.25) is 0 Å². The number of rotatable bonds is 3. The van der Waals surface area contributed by atoms with E-state index in [1.165, 1.54) is 0 Å². The van der Waals surface area contributed by atoms with Gasteiger partial charge in [-0.3, -0.25) is 0 Å². The maximum atomic E-state index is 12.6. The standard InChI is InChI=1S/C20H23NOS/c1-16-10-13-18(14-11-16)23(22)21-19(20(2,3)4)15-12-17-8-6-5-7-9-17/h5-11,13-14,19,21H,1-4H3/t19-,23-/m0/s1. The number of hydrogen-bond acceptors (Lipinski definition) is 1. The van der Waals surface area contributed by atoms with Crippen LogP contribution in [-0.4, -0.2) is 10.3 Å². The molecule has 0 amide bonds. The first-order valence-corrected chi connectivity index (χ1v) is 8.82. The molecule has 120 valence electrons. The van der Waals surface area contributed by atoms with Crippen LogP contribution in [0.5, 0.6) is 0 Å². The predicted molar refractivity (Wildman–Crippen MR) is 97.3 cm³/mol. The van der Waals surface area contributed by atoms with Gasteiger partial charge in [-0.05, 0) is 36.6 Å². The molecular weight excluding hydrogens is 302 g/mol. The van der Waals surface area contributed by atoms with Crippen molar-refractivity contribution in [2.24, 2.45) is 5.41 Å². The molecule has 3 heteroatoms. The van der Waals surface area contributed by atoms with Gasteiger partial charge in [-0.2, -0.15) is 0 Å². The zero-order valence-electron chi connectivity index (χ0n) is 14.1. The zero-order chi connectivity index (χ0) is 16.9. The van der Waals surface area contributed by atoms with Crippen LogP contribution in [0.25, 0.3) is 0 Å². The second-order valence-electron chi connectivity index (χ2n) is 6.63. The summed E-state index contributed by atoms with van der Waals surface area (Å²) in [7, 11) is -1.28. The Morgan fingerprint density at radius 1 is 1.00 bits per heavy atom. The van der Waals surface area contributed by atoms with Gasteiger partial charge in [0, 0.05) is 5.56 Å². The summed E-state index contributed by atoms with van der Waals surface area (Å²) in [6.45, 7) is 8.30. The van der Waals surface area contributed by atoms with Crippen molar-refractivity contribution in [1.29, 1.82) is 0 Å². The molecule has 1 N–H and O–H groups in total. The van der Waals surface area contributed by atoms with Crippen LogP contribution in [0.1, 0.15) is 31.9 Å². The highest BCUT2D eigenvalue weighted by molar-refractivity contribution is 7.83. The lowest BCUT2D eigenvalue weighted by Crippen LogP contribution is -2.40. The van der Waals surface area contributed by atoms with Gasteiger partial charge in [-0.1, -0.05) is 68.5 Å². The summed E-state index contributed by atoms with van der Waals surface area (Å²) >= 11 is 0. The first kappa shape index (κ1) is 17.5. The van der Waals surface area contributed by atoms with Crippen LogP contribution in [0.3, 0.4) is 0 Å². The van der Waals surface area contributed by atoms with Crippen molar-refractivity contribution in [3.8, 4) is 11.8 Å². The average Bonchev–Trinajstić information content (AvgIpc) is 2.51. The van der Waals surface area contributed by atoms with Crippen molar-refractivity contribution < 1.29 is 4.21 Å². The van der Waals surface area contributed by atoms with E-state index in [0.717, 1.165) is 16.0 Å². The van der Waals surface area contributed by atoms with Crippen LogP contribution in [-0.2, 0) is 11.0 Å². The van der Waals surface area contributed by atoms with Crippen molar-refractivity contribution in [2.75, 3.05) is 0 Å². The summed E-state index contributed by atoms with van der Waals surface area (Å²) in [5.41, 5.74) is 1.99. The molecule has 0 aliphatic heterocycles. The monoisotopic (exact) mass is 325 g/mol. The quantitative estimate of drug-likeness (QED) is 0.847. The third kappa shape index (κ3) is 5.35. The van der Waals surface area contributed by atoms with E-state index in [4.69, 9.17) is 0 Å². The van der Waals surface area contributed by atoms with Crippen molar-refractivity contribution >= 4 is 11.0 Å². The minimum atomic E-state index is -1.28. The predicted octanol–water partition coefficient (Wildman–Crippen LogP) is 4.07. The lowest BCUT2D eigenvalue weighted by molar-refractivity contribution is 0.357. The molecule has 0 heterocycles. The molecule has 2 atom stereocenters. The highest BCUT2D eigenvalue weighted by Gasteiger charge is 2.24. The number of hydrogen-bond donors (Lipinski definition) is 1. The first-order valence-electron chi connectivity index (χ1n) is 7.67. The summed E-state index contributed by atoms with van der Waals surface area (Å²) in [6.07, 6.45) is 0. The molecule has 2 aromatic rings. The molecule has 0 saturated carbocycles. The van der Waals surface area contributed by atoms with Gasteiger partial charge in [0.25, 0.3) is 0 Å². The van der Waals surface area contributed by atoms with Gasteiger partial charge in [0.1, 0.15) is 11.0 Å². The summed E-state index contributed by atoms with van der Waals surface area (Å²) in [4.78, 5) is 0.770. The van der Waals surface area contributed by atoms with Gasteiger partial charge >= 0.3 is 0 Å². The molecule has 0 aliphatic rings. The molecule has 2 aromatic carbocycles. The number of nitrogens with one attached hydrogen (secondary N) is 1. The van der Waals surface area contributed by atoms with Crippen molar-refractivity contribution in [2.45, 2.75) is 38.6 Å². The molecule has 0 radical (unpaired) electrons. The van der Waals surface area contributed by atoms with Gasteiger partial charge in [0.15, 0.2) is 0 Å². The summed E-state index contributed by atoms with van der Waals surface area (Å²) < 4.78 is 15.7. The molecule has 0 spiro atoms. The molecule has 2 rings (SSSR count). The molecular formula is C20H23NOS. The molecule has 0 aromatic heterocycles. The molecule has 0 aliphatic carbocycles. The van der Waals surface area contributed by atoms with Crippen LogP contribution in [0.4, 0.5) is 0 Å². The second-order valence-corrected chi connectivity index (χ2v) is 7.88. The Morgan fingerprint density at radius 2 is 1.61 bits per heavy atom. The van der Waals surface area contributed by atoms with E-state index in [1.54, 1.807) is 0 Å². The second kappa shape index (κ2) is 7.59. The Hall–Kier alpha value is -1.89. The van der Waals surface area contributed by atoms with Gasteiger partial charge in [-0.15, -0.1) is 0 Å². The van der Waals surface area contributed by atoms with Gasteiger partial charge in [0.05, 0.1) is 10.9 Å². The third-order valence-electron chi connectivity index (χ3n) is 3.46. The minimum absolute atomic E-state index is 0.123. The Balaban J connectivity index is 2.18. The Kier molecular flexibility index (Phi) is 5.76. The van der Waals surface area contributed by atoms with E-state index in [9.17, 15) is 4.21 Å². The number of benzene rings is 2. The first-order chi connectivity index (χ1) is 10.9. The fraction of sp³-hybridized carbons (Fsp3) is 0.300. The number of aryl methyl sites for hydroxylation is 1.